The zero-order valence-corrected chi connectivity index (χ0v) is 11.9. The lowest BCUT2D eigenvalue weighted by molar-refractivity contribution is 0.272. The molecule has 3 heteroatoms. The lowest BCUT2D eigenvalue weighted by Crippen LogP contribution is -1.93. The molecule has 0 fully saturated rings. The average Bonchev–Trinajstić information content (AvgIpc) is 2.35. The first-order valence-electron chi connectivity index (χ1n) is 6.18. The summed E-state index contributed by atoms with van der Waals surface area (Å²) in [7, 11) is 0. The molecule has 0 aliphatic carbocycles. The largest absolute Gasteiger partial charge is 0.392 e. The summed E-state index contributed by atoms with van der Waals surface area (Å²) in [6.45, 7) is 3.88. The van der Waals surface area contributed by atoms with Crippen molar-refractivity contribution in [1.82, 2.24) is 0 Å². The van der Waals surface area contributed by atoms with Crippen LogP contribution < -0.4 is 0 Å². The Morgan fingerprint density at radius 1 is 1.11 bits per heavy atom. The summed E-state index contributed by atoms with van der Waals surface area (Å²) in [5.41, 5.74) is 4.07. The van der Waals surface area contributed by atoms with Gasteiger partial charge in [0.2, 0.25) is 0 Å². The van der Waals surface area contributed by atoms with E-state index in [0.29, 0.717) is 5.56 Å². The van der Waals surface area contributed by atoms with E-state index in [1.165, 1.54) is 22.8 Å². The summed E-state index contributed by atoms with van der Waals surface area (Å²) in [6.07, 6.45) is 0. The summed E-state index contributed by atoms with van der Waals surface area (Å²) in [6, 6.07) is 11.3. The highest BCUT2D eigenvalue weighted by atomic mass is 32.2. The van der Waals surface area contributed by atoms with Crippen LogP contribution in [0.4, 0.5) is 4.39 Å². The monoisotopic (exact) mass is 276 g/mol. The van der Waals surface area contributed by atoms with E-state index in [4.69, 9.17) is 0 Å². The molecule has 0 aliphatic heterocycles. The predicted octanol–water partition coefficient (Wildman–Crippen LogP) is 4.23. The van der Waals surface area contributed by atoms with Gasteiger partial charge in [0, 0.05) is 16.2 Å². The fraction of sp³-hybridized carbons (Fsp3) is 0.250. The number of aliphatic hydroxyl groups is 1. The second kappa shape index (κ2) is 6.22. The lowest BCUT2D eigenvalue weighted by atomic mass is 10.1. The van der Waals surface area contributed by atoms with E-state index in [9.17, 15) is 9.50 Å². The molecule has 2 aromatic rings. The Morgan fingerprint density at radius 2 is 1.79 bits per heavy atom. The molecule has 0 unspecified atom stereocenters. The van der Waals surface area contributed by atoms with Gasteiger partial charge in [-0.15, -0.1) is 11.8 Å². The van der Waals surface area contributed by atoms with Gasteiger partial charge >= 0.3 is 0 Å². The highest BCUT2D eigenvalue weighted by Gasteiger charge is 2.08. The zero-order valence-electron chi connectivity index (χ0n) is 11.1. The van der Waals surface area contributed by atoms with E-state index in [1.54, 1.807) is 17.8 Å². The summed E-state index contributed by atoms with van der Waals surface area (Å²) >= 11 is 1.56. The molecule has 0 saturated heterocycles. The molecule has 0 aliphatic rings. The number of hydrogen-bond donors (Lipinski definition) is 1. The van der Waals surface area contributed by atoms with E-state index in [1.807, 2.05) is 6.07 Å². The van der Waals surface area contributed by atoms with Gasteiger partial charge in [0.1, 0.15) is 5.82 Å². The highest BCUT2D eigenvalue weighted by molar-refractivity contribution is 7.98. The molecule has 0 heterocycles. The molecule has 0 bridgehead atoms. The van der Waals surface area contributed by atoms with Crippen molar-refractivity contribution in [3.05, 3.63) is 64.5 Å². The number of aryl methyl sites for hydroxylation is 2. The predicted molar refractivity (Wildman–Crippen MR) is 77.8 cm³/mol. The normalized spacial score (nSPS) is 10.7. The molecule has 100 valence electrons. The first kappa shape index (κ1) is 14.1. The van der Waals surface area contributed by atoms with Gasteiger partial charge in [-0.3, -0.25) is 0 Å². The summed E-state index contributed by atoms with van der Waals surface area (Å²) in [4.78, 5) is 0.807. The smallest absolute Gasteiger partial charge is 0.129 e. The second-order valence-corrected chi connectivity index (χ2v) is 5.68. The number of benzene rings is 2. The van der Waals surface area contributed by atoms with Gasteiger partial charge in [0.15, 0.2) is 0 Å². The van der Waals surface area contributed by atoms with Gasteiger partial charge in [-0.05, 0) is 31.5 Å². The fourth-order valence-corrected chi connectivity index (χ4v) is 3.14. The first-order valence-corrected chi connectivity index (χ1v) is 7.17. The van der Waals surface area contributed by atoms with Crippen molar-refractivity contribution in [3.8, 4) is 0 Å². The molecule has 0 saturated carbocycles. The van der Waals surface area contributed by atoms with E-state index in [2.05, 4.69) is 32.0 Å². The quantitative estimate of drug-likeness (QED) is 0.843. The number of hydrogen-bond acceptors (Lipinski definition) is 2. The number of rotatable bonds is 4. The molecular weight excluding hydrogens is 259 g/mol. The maximum absolute atomic E-state index is 13.5. The number of aliphatic hydroxyl groups excluding tert-OH is 1. The zero-order chi connectivity index (χ0) is 13.8. The Bertz CT molecular complexity index is 561. The Kier molecular flexibility index (Phi) is 4.61. The van der Waals surface area contributed by atoms with Crippen molar-refractivity contribution in [3.63, 3.8) is 0 Å². The fourth-order valence-electron chi connectivity index (χ4n) is 2.14. The Hall–Kier alpha value is -1.32. The molecule has 0 amide bonds. The van der Waals surface area contributed by atoms with Crippen LogP contribution in [0.5, 0.6) is 0 Å². The molecule has 0 atom stereocenters. The molecule has 0 aromatic heterocycles. The standard InChI is InChI=1S/C16H17FOS/c1-11-6-12(2)8-13(7-11)10-19-16-5-3-4-15(17)14(16)9-18/h3-8,18H,9-10H2,1-2H3. The van der Waals surface area contributed by atoms with Crippen molar-refractivity contribution in [2.45, 2.75) is 31.1 Å². The van der Waals surface area contributed by atoms with Crippen LogP contribution >= 0.6 is 11.8 Å². The molecule has 0 spiro atoms. The average molecular weight is 276 g/mol. The minimum Gasteiger partial charge on any atom is -0.392 e. The van der Waals surface area contributed by atoms with Crippen LogP contribution in [0.25, 0.3) is 0 Å². The van der Waals surface area contributed by atoms with Crippen LogP contribution in [-0.2, 0) is 12.4 Å². The molecular formula is C16H17FOS. The SMILES string of the molecule is Cc1cc(C)cc(CSc2cccc(F)c2CO)c1. The summed E-state index contributed by atoms with van der Waals surface area (Å²) < 4.78 is 13.5. The van der Waals surface area contributed by atoms with Crippen molar-refractivity contribution in [2.24, 2.45) is 0 Å². The van der Waals surface area contributed by atoms with Crippen LogP contribution in [0.3, 0.4) is 0 Å². The molecule has 2 rings (SSSR count). The molecule has 19 heavy (non-hydrogen) atoms. The van der Waals surface area contributed by atoms with E-state index in [-0.39, 0.29) is 12.4 Å². The molecule has 2 aromatic carbocycles. The highest BCUT2D eigenvalue weighted by Crippen LogP contribution is 2.28. The van der Waals surface area contributed by atoms with Crippen molar-refractivity contribution < 1.29 is 9.50 Å². The van der Waals surface area contributed by atoms with Crippen LogP contribution in [-0.4, -0.2) is 5.11 Å². The van der Waals surface area contributed by atoms with Crippen LogP contribution in [0.15, 0.2) is 41.3 Å². The van der Waals surface area contributed by atoms with E-state index in [0.717, 1.165) is 10.6 Å². The third-order valence-electron chi connectivity index (χ3n) is 2.91. The topological polar surface area (TPSA) is 20.2 Å². The van der Waals surface area contributed by atoms with Crippen molar-refractivity contribution >= 4 is 11.8 Å². The summed E-state index contributed by atoms with van der Waals surface area (Å²) in [5.74, 6) is 0.437. The van der Waals surface area contributed by atoms with Crippen LogP contribution in [0.2, 0.25) is 0 Å². The Balaban J connectivity index is 2.16. The van der Waals surface area contributed by atoms with Gasteiger partial charge in [-0.1, -0.05) is 35.4 Å². The summed E-state index contributed by atoms with van der Waals surface area (Å²) in [5, 5.41) is 9.23. The van der Waals surface area contributed by atoms with E-state index >= 15 is 0 Å². The van der Waals surface area contributed by atoms with Crippen molar-refractivity contribution in [1.29, 1.82) is 0 Å². The van der Waals surface area contributed by atoms with Crippen molar-refractivity contribution in [2.75, 3.05) is 0 Å². The number of halogens is 1. The van der Waals surface area contributed by atoms with Gasteiger partial charge in [0.05, 0.1) is 6.61 Å². The minimum atomic E-state index is -0.340. The Morgan fingerprint density at radius 3 is 2.42 bits per heavy atom. The minimum absolute atomic E-state index is 0.262. The lowest BCUT2D eigenvalue weighted by Gasteiger charge is -2.09. The van der Waals surface area contributed by atoms with Gasteiger partial charge in [-0.25, -0.2) is 4.39 Å². The van der Waals surface area contributed by atoms with Crippen LogP contribution in [0, 0.1) is 19.7 Å². The molecule has 0 radical (unpaired) electrons. The Labute approximate surface area is 117 Å². The van der Waals surface area contributed by atoms with Gasteiger partial charge in [0.25, 0.3) is 0 Å². The third-order valence-corrected chi connectivity index (χ3v) is 4.08. The maximum atomic E-state index is 13.5. The molecule has 1 nitrogen and oxygen atoms in total. The van der Waals surface area contributed by atoms with Gasteiger partial charge in [-0.2, -0.15) is 0 Å². The second-order valence-electron chi connectivity index (χ2n) is 4.66. The van der Waals surface area contributed by atoms with E-state index < -0.39 is 0 Å². The maximum Gasteiger partial charge on any atom is 0.129 e. The molecule has 1 N–H and O–H groups in total. The third kappa shape index (κ3) is 3.58. The first-order chi connectivity index (χ1) is 9.10. The van der Waals surface area contributed by atoms with Crippen LogP contribution in [0.1, 0.15) is 22.3 Å². The number of thioether (sulfide) groups is 1. The van der Waals surface area contributed by atoms with Gasteiger partial charge < -0.3 is 5.11 Å².